The Morgan fingerprint density at radius 2 is 1.07 bits per heavy atom. The molecule has 2 aliphatic heterocycles. The number of hydrogen-bond donors (Lipinski definition) is 4. The van der Waals surface area contributed by atoms with Gasteiger partial charge >= 0.3 is 12.2 Å². The molecule has 12 rings (SSSR count). The van der Waals surface area contributed by atoms with Gasteiger partial charge in [-0.2, -0.15) is 23.5 Å². The second-order valence-electron chi connectivity index (χ2n) is 18.0. The van der Waals surface area contributed by atoms with E-state index in [0.29, 0.717) is 25.9 Å². The molecule has 0 radical (unpaired) electrons. The lowest BCUT2D eigenvalue weighted by Gasteiger charge is -2.28. The summed E-state index contributed by atoms with van der Waals surface area (Å²) in [4.78, 5) is 73.0. The third-order valence-electron chi connectivity index (χ3n) is 13.8. The average Bonchev–Trinajstić information content (AvgIpc) is 4.20. The Hall–Kier alpha value is -6.00. The molecule has 2 aromatic heterocycles. The van der Waals surface area contributed by atoms with Gasteiger partial charge in [-0.1, -0.05) is 48.5 Å². The van der Waals surface area contributed by atoms with Gasteiger partial charge in [0.2, 0.25) is 11.8 Å². The van der Waals surface area contributed by atoms with Gasteiger partial charge in [-0.25, -0.2) is 19.6 Å². The fraction of sp³-hybridized carbons (Fsp3) is 0.423. The number of benzene rings is 4. The molecule has 2 saturated heterocycles. The number of alkyl carbamates (subject to hydrolysis) is 2. The Labute approximate surface area is 405 Å². The van der Waals surface area contributed by atoms with Crippen LogP contribution in [-0.2, 0) is 44.7 Å². The van der Waals surface area contributed by atoms with Crippen molar-refractivity contribution >= 4 is 69.6 Å². The molecule has 4 N–H and O–H groups in total. The third-order valence-corrected chi connectivity index (χ3v) is 15.1. The fourth-order valence-corrected chi connectivity index (χ4v) is 11.2. The third kappa shape index (κ3) is 10.1. The molecule has 4 atom stereocenters. The summed E-state index contributed by atoms with van der Waals surface area (Å²) in [5.41, 5.74) is 13.4. The van der Waals surface area contributed by atoms with E-state index in [-0.39, 0.29) is 23.9 Å². The van der Waals surface area contributed by atoms with Crippen molar-refractivity contribution in [3.05, 3.63) is 107 Å². The van der Waals surface area contributed by atoms with E-state index in [4.69, 9.17) is 19.4 Å². The molecule has 0 saturated carbocycles. The van der Waals surface area contributed by atoms with E-state index < -0.39 is 24.3 Å². The number of methoxy groups -OCH3 is 2. The maximum Gasteiger partial charge on any atom is 0.407 e. The predicted molar refractivity (Wildman–Crippen MR) is 270 cm³/mol. The maximum absolute atomic E-state index is 13.9. The molecule has 16 heteroatoms. The summed E-state index contributed by atoms with van der Waals surface area (Å²) in [6.07, 6.45) is 10.6. The number of likely N-dealkylation sites (tertiary alicyclic amines) is 2. The molecule has 6 aliphatic rings. The number of fused-ring (bicyclic) bond motifs is 2. The number of carbonyl (C=O) groups is 4. The van der Waals surface area contributed by atoms with Gasteiger partial charge in [-0.15, -0.1) is 0 Å². The van der Waals surface area contributed by atoms with Crippen LogP contribution in [0.3, 0.4) is 0 Å². The van der Waals surface area contributed by atoms with Crippen molar-refractivity contribution in [3.8, 4) is 22.3 Å². The number of ether oxygens (including phenoxy) is 2. The summed E-state index contributed by atoms with van der Waals surface area (Å²) in [6.45, 7) is 1.21. The highest BCUT2D eigenvalue weighted by molar-refractivity contribution is 7.98. The number of thioether (sulfide) groups is 2. The normalized spacial score (nSPS) is 17.8. The molecule has 4 aromatic carbocycles. The van der Waals surface area contributed by atoms with E-state index in [2.05, 4.69) is 93.4 Å². The van der Waals surface area contributed by atoms with E-state index in [9.17, 15) is 19.2 Å². The zero-order valence-corrected chi connectivity index (χ0v) is 40.8. The van der Waals surface area contributed by atoms with Gasteiger partial charge in [0.15, 0.2) is 0 Å². The molecule has 4 heterocycles. The fourth-order valence-electron chi connectivity index (χ4n) is 10.2. The first kappa shape index (κ1) is 47.1. The molecule has 6 aromatic rings. The SMILES string of the molecule is COC(=O)NC(CCSC)C(=O)N1CCCC1c1nc2ccc(-c3cc4ccc3CCc3ccc(c(-c5ccc6nc(C7CCCN7C(=O)C(CCSC)NC(=O)OC)[nH]c6c5)c3)CC4)cc2[nH]1. The molecule has 68 heavy (non-hydrogen) atoms. The number of nitrogens with zero attached hydrogens (tertiary/aromatic N) is 4. The highest BCUT2D eigenvalue weighted by atomic mass is 32.2. The maximum atomic E-state index is 13.9. The summed E-state index contributed by atoms with van der Waals surface area (Å²) in [7, 11) is 2.63. The van der Waals surface area contributed by atoms with Crippen molar-refractivity contribution in [2.75, 3.05) is 51.3 Å². The van der Waals surface area contributed by atoms with E-state index in [1.165, 1.54) is 47.6 Å². The van der Waals surface area contributed by atoms with E-state index >= 15 is 0 Å². The quantitative estimate of drug-likeness (QED) is 0.0826. The van der Waals surface area contributed by atoms with Gasteiger partial charge in [-0.05, 0) is 157 Å². The minimum atomic E-state index is -0.662. The second kappa shape index (κ2) is 21.1. The smallest absolute Gasteiger partial charge is 0.407 e. The van der Waals surface area contributed by atoms with Gasteiger partial charge in [0.1, 0.15) is 23.7 Å². The van der Waals surface area contributed by atoms with Crippen LogP contribution in [0.4, 0.5) is 9.59 Å². The van der Waals surface area contributed by atoms with Crippen LogP contribution in [0.1, 0.15) is 84.5 Å². The largest absolute Gasteiger partial charge is 0.453 e. The minimum absolute atomic E-state index is 0.108. The number of aryl methyl sites for hydroxylation is 4. The van der Waals surface area contributed by atoms with Crippen LogP contribution in [0.2, 0.25) is 0 Å². The summed E-state index contributed by atoms with van der Waals surface area (Å²) in [5, 5.41) is 5.52. The Morgan fingerprint density at radius 3 is 1.49 bits per heavy atom. The van der Waals surface area contributed by atoms with Crippen LogP contribution >= 0.6 is 23.5 Å². The molecule has 2 fully saturated rings. The topological polar surface area (TPSA) is 175 Å². The van der Waals surface area contributed by atoms with Gasteiger partial charge in [-0.3, -0.25) is 9.59 Å². The molecule has 4 unspecified atom stereocenters. The van der Waals surface area contributed by atoms with Crippen LogP contribution in [0.5, 0.6) is 0 Å². The molecule has 4 aliphatic carbocycles. The van der Waals surface area contributed by atoms with E-state index in [1.807, 2.05) is 22.3 Å². The first-order valence-corrected chi connectivity index (χ1v) is 26.4. The Kier molecular flexibility index (Phi) is 14.6. The van der Waals surface area contributed by atoms with Crippen molar-refractivity contribution in [1.29, 1.82) is 0 Å². The predicted octanol–water partition coefficient (Wildman–Crippen LogP) is 8.94. The van der Waals surface area contributed by atoms with Crippen molar-refractivity contribution < 1.29 is 28.7 Å². The number of nitrogens with one attached hydrogen (secondary N) is 4. The number of amides is 4. The van der Waals surface area contributed by atoms with Crippen LogP contribution in [0.25, 0.3) is 44.3 Å². The number of H-pyrrole nitrogens is 2. The highest BCUT2D eigenvalue weighted by Gasteiger charge is 2.38. The molecule has 14 nitrogen and oxygen atoms in total. The summed E-state index contributed by atoms with van der Waals surface area (Å²) in [5.74, 6) is 2.79. The van der Waals surface area contributed by atoms with Gasteiger partial charge in [0.25, 0.3) is 0 Å². The van der Waals surface area contributed by atoms with Crippen molar-refractivity contribution in [2.24, 2.45) is 0 Å². The van der Waals surface area contributed by atoms with Crippen LogP contribution in [0, 0.1) is 0 Å². The molecule has 0 spiro atoms. The lowest BCUT2D eigenvalue weighted by molar-refractivity contribution is -0.135. The lowest BCUT2D eigenvalue weighted by Crippen LogP contribution is -2.48. The summed E-state index contributed by atoms with van der Waals surface area (Å²) >= 11 is 3.27. The van der Waals surface area contributed by atoms with Gasteiger partial charge in [0.05, 0.1) is 48.4 Å². The molecular formula is C52H60N8O6S2. The lowest BCUT2D eigenvalue weighted by atomic mass is 9.87. The Bertz CT molecular complexity index is 2640. The number of aromatic amines is 2. The first-order valence-electron chi connectivity index (χ1n) is 23.7. The number of imidazole rings is 2. The number of carbonyl (C=O) groups excluding carboxylic acids is 4. The molecular weight excluding hydrogens is 897 g/mol. The van der Waals surface area contributed by atoms with Gasteiger partial charge < -0.3 is 39.9 Å². The van der Waals surface area contributed by atoms with E-state index in [0.717, 1.165) is 108 Å². The molecule has 4 amide bonds. The number of aromatic nitrogens is 4. The van der Waals surface area contributed by atoms with Gasteiger partial charge in [0, 0.05) is 13.1 Å². The van der Waals surface area contributed by atoms with Crippen LogP contribution < -0.4 is 10.6 Å². The minimum Gasteiger partial charge on any atom is -0.453 e. The Morgan fingerprint density at radius 1 is 0.632 bits per heavy atom. The summed E-state index contributed by atoms with van der Waals surface area (Å²) in [6, 6.07) is 25.0. The second-order valence-corrected chi connectivity index (χ2v) is 20.0. The number of rotatable bonds is 14. The summed E-state index contributed by atoms with van der Waals surface area (Å²) < 4.78 is 9.69. The molecule has 4 bridgehead atoms. The van der Waals surface area contributed by atoms with Crippen molar-refractivity contribution in [2.45, 2.75) is 88.4 Å². The first-order chi connectivity index (χ1) is 33.1. The van der Waals surface area contributed by atoms with Crippen LogP contribution in [-0.4, -0.2) is 117 Å². The van der Waals surface area contributed by atoms with E-state index in [1.54, 1.807) is 23.5 Å². The highest BCUT2D eigenvalue weighted by Crippen LogP contribution is 2.37. The van der Waals surface area contributed by atoms with Crippen molar-refractivity contribution in [3.63, 3.8) is 0 Å². The zero-order valence-electron chi connectivity index (χ0n) is 39.2. The number of hydrogen-bond acceptors (Lipinski definition) is 10. The monoisotopic (exact) mass is 956 g/mol. The Balaban J connectivity index is 0.931. The van der Waals surface area contributed by atoms with Crippen LogP contribution in [0.15, 0.2) is 72.8 Å². The average molecular weight is 957 g/mol. The van der Waals surface area contributed by atoms with Crippen molar-refractivity contribution in [1.82, 2.24) is 40.4 Å². The standard InChI is InChI=1S/C52H60N8O6S2/c1-65-51(63)57-41(21-25-67-3)49(61)59-23-5-7-45(59)47-53-39-19-17-35(29-43(39)55-47)37-27-31-9-13-33(37)15-11-32-10-14-34(16-12-31)38(28-32)36-18-20-40-44(30-36)56-48(54-40)46-8-6-24-60(46)50(62)42(22-26-68-4)58-52(64)66-2/h9-10,13-14,17-20,27-30,41-42,45-46H,5-8,11-12,15-16,21-26H2,1-4H3,(H,53,55)(H,54,56)(H,57,63)(H,58,64). The zero-order chi connectivity index (χ0) is 47.3. The molecule has 356 valence electrons.